The molecule has 6 atom stereocenters. The van der Waals surface area contributed by atoms with Gasteiger partial charge in [0.25, 0.3) is 5.91 Å². The zero-order chi connectivity index (χ0) is 33.4. The van der Waals surface area contributed by atoms with Crippen LogP contribution in [-0.4, -0.2) is 125 Å². The number of benzene rings is 1. The van der Waals surface area contributed by atoms with Gasteiger partial charge in [-0.05, 0) is 39.7 Å². The first-order valence-corrected chi connectivity index (χ1v) is 14.3. The standard InChI is InChI=1S/C31H42N4O9/c1-13-14-10-11-15(30(2,3)12-33(4)5)22(36)17(14)23(37)18-16(13)25(44-29(42)35(8)9)20-21(34(6)7)24(38)19(28(32)41)27(40)31(20,43)26(18)39/h10-11,13,16,20-21,25,36-37,40,43H,12H2,1-9H3,(H2,32,41)/t13-,16+,20+,21-,25-,31-/m0/s1. The molecule has 3 aliphatic rings. The Hall–Kier alpha value is -3.94. The quantitative estimate of drug-likeness (QED) is 0.287. The second-order valence-corrected chi connectivity index (χ2v) is 13.3. The van der Waals surface area contributed by atoms with E-state index in [0.29, 0.717) is 17.7 Å². The Balaban J connectivity index is 2.10. The predicted octanol–water partition coefficient (Wildman–Crippen LogP) is 1.04. The molecule has 0 aliphatic heterocycles. The number of ketones is 2. The summed E-state index contributed by atoms with van der Waals surface area (Å²) in [6.45, 7) is 6.08. The number of carbonyl (C=O) groups is 4. The number of aliphatic hydroxyl groups excluding tert-OH is 2. The van der Waals surface area contributed by atoms with Crippen molar-refractivity contribution in [1.82, 2.24) is 14.7 Å². The van der Waals surface area contributed by atoms with Crippen LogP contribution < -0.4 is 5.73 Å². The Kier molecular flexibility index (Phi) is 8.16. The highest BCUT2D eigenvalue weighted by Gasteiger charge is 2.69. The van der Waals surface area contributed by atoms with Gasteiger partial charge in [0, 0.05) is 43.1 Å². The van der Waals surface area contributed by atoms with Crippen molar-refractivity contribution in [1.29, 1.82) is 0 Å². The topological polar surface area (TPSA) is 194 Å². The number of nitrogens with two attached hydrogens (primary N) is 1. The van der Waals surface area contributed by atoms with Gasteiger partial charge in [0.1, 0.15) is 28.9 Å². The maximum Gasteiger partial charge on any atom is 0.409 e. The molecule has 13 heteroatoms. The molecule has 0 aromatic heterocycles. The molecule has 0 spiro atoms. The van der Waals surface area contributed by atoms with Crippen molar-refractivity contribution >= 4 is 29.3 Å². The fraction of sp³-hybridized carbons (Fsp3) is 0.548. The molecule has 240 valence electrons. The number of rotatable bonds is 6. The summed E-state index contributed by atoms with van der Waals surface area (Å²) in [6, 6.07) is 2.03. The summed E-state index contributed by atoms with van der Waals surface area (Å²) in [7, 11) is 9.54. The molecule has 0 bridgehead atoms. The summed E-state index contributed by atoms with van der Waals surface area (Å²) in [5.41, 5.74) is 1.37. The molecule has 1 aromatic rings. The first-order valence-electron chi connectivity index (χ1n) is 14.3. The summed E-state index contributed by atoms with van der Waals surface area (Å²) in [5.74, 6) is -9.18. The molecule has 4 rings (SSSR count). The number of hydrogen-bond acceptors (Lipinski definition) is 11. The molecular weight excluding hydrogens is 572 g/mol. The van der Waals surface area contributed by atoms with E-state index in [4.69, 9.17) is 10.5 Å². The second kappa shape index (κ2) is 10.9. The predicted molar refractivity (Wildman–Crippen MR) is 160 cm³/mol. The van der Waals surface area contributed by atoms with Crippen molar-refractivity contribution in [3.05, 3.63) is 45.7 Å². The number of nitrogens with zero attached hydrogens (tertiary/aromatic N) is 3. The van der Waals surface area contributed by atoms with Crippen LogP contribution in [0.15, 0.2) is 29.0 Å². The fourth-order valence-electron chi connectivity index (χ4n) is 7.37. The molecule has 0 unspecified atom stereocenters. The second-order valence-electron chi connectivity index (χ2n) is 13.3. The molecule has 0 heterocycles. The van der Waals surface area contributed by atoms with Gasteiger partial charge in [-0.2, -0.15) is 0 Å². The van der Waals surface area contributed by atoms with Crippen LogP contribution in [-0.2, 0) is 24.5 Å². The van der Waals surface area contributed by atoms with Crippen LogP contribution in [0.5, 0.6) is 5.75 Å². The van der Waals surface area contributed by atoms with Crippen molar-refractivity contribution in [2.75, 3.05) is 48.8 Å². The Morgan fingerprint density at radius 2 is 1.64 bits per heavy atom. The van der Waals surface area contributed by atoms with Gasteiger partial charge in [0.15, 0.2) is 11.4 Å². The minimum Gasteiger partial charge on any atom is -0.508 e. The molecule has 6 N–H and O–H groups in total. The molecule has 2 amide bonds. The van der Waals surface area contributed by atoms with Crippen molar-refractivity contribution < 1.29 is 44.3 Å². The van der Waals surface area contributed by atoms with E-state index in [1.165, 1.54) is 33.1 Å². The van der Waals surface area contributed by atoms with Crippen LogP contribution in [0, 0.1) is 11.8 Å². The minimum atomic E-state index is -3.00. The number of Topliss-reactive ketones (excluding diaryl/α,β-unsaturated/α-hetero) is 2. The minimum absolute atomic E-state index is 0.0317. The number of primary amides is 1. The van der Waals surface area contributed by atoms with E-state index in [0.717, 1.165) is 4.90 Å². The number of hydrogen-bond donors (Lipinski definition) is 5. The summed E-state index contributed by atoms with van der Waals surface area (Å²) >= 11 is 0. The highest BCUT2D eigenvalue weighted by molar-refractivity contribution is 6.24. The summed E-state index contributed by atoms with van der Waals surface area (Å²) in [4.78, 5) is 57.9. The van der Waals surface area contributed by atoms with Crippen molar-refractivity contribution in [2.45, 2.75) is 49.9 Å². The first kappa shape index (κ1) is 33.0. The van der Waals surface area contributed by atoms with Gasteiger partial charge in [0.2, 0.25) is 5.78 Å². The van der Waals surface area contributed by atoms with Crippen molar-refractivity contribution in [2.24, 2.45) is 17.6 Å². The normalized spacial score (nSPS) is 28.6. The first-order chi connectivity index (χ1) is 20.2. The van der Waals surface area contributed by atoms with E-state index in [9.17, 15) is 39.6 Å². The lowest BCUT2D eigenvalue weighted by Gasteiger charge is -2.54. The van der Waals surface area contributed by atoms with Crippen LogP contribution in [0.25, 0.3) is 5.76 Å². The average molecular weight is 615 g/mol. The molecular formula is C31H42N4O9. The van der Waals surface area contributed by atoms with Crippen LogP contribution in [0.4, 0.5) is 4.79 Å². The Morgan fingerprint density at radius 1 is 1.05 bits per heavy atom. The highest BCUT2D eigenvalue weighted by atomic mass is 16.6. The molecule has 1 aromatic carbocycles. The summed E-state index contributed by atoms with van der Waals surface area (Å²) in [5, 5.41) is 46.9. The molecule has 0 radical (unpaired) electrons. The van der Waals surface area contributed by atoms with E-state index in [1.54, 1.807) is 19.1 Å². The zero-order valence-corrected chi connectivity index (χ0v) is 26.5. The molecule has 3 aliphatic carbocycles. The smallest absolute Gasteiger partial charge is 0.409 e. The monoisotopic (exact) mass is 614 g/mol. The maximum absolute atomic E-state index is 14.5. The SMILES string of the molecule is C[C@H]1c2ccc(C(C)(C)CN(C)C)c(O)c2C(O)=C2C(=O)[C@]3(O)C(O)=C(C(N)=O)C(=O)[C@@H](N(C)C)[C@@H]3[C@@H](OC(=O)N(C)C)[C@@H]21. The van der Waals surface area contributed by atoms with Gasteiger partial charge in [-0.25, -0.2) is 4.79 Å². The molecule has 1 fully saturated rings. The third kappa shape index (κ3) is 4.65. The number of amides is 2. The van der Waals surface area contributed by atoms with Crippen LogP contribution in [0.3, 0.4) is 0 Å². The van der Waals surface area contributed by atoms with Crippen LogP contribution in [0.2, 0.25) is 0 Å². The fourth-order valence-corrected chi connectivity index (χ4v) is 7.37. The maximum atomic E-state index is 14.5. The summed E-state index contributed by atoms with van der Waals surface area (Å²) < 4.78 is 5.90. The summed E-state index contributed by atoms with van der Waals surface area (Å²) in [6.07, 6.45) is -2.35. The number of aliphatic hydroxyl groups is 3. The average Bonchev–Trinajstić information content (AvgIpc) is 2.88. The van der Waals surface area contributed by atoms with Crippen LogP contribution in [0.1, 0.15) is 43.4 Å². The lowest BCUT2D eigenvalue weighted by molar-refractivity contribution is -0.170. The van der Waals surface area contributed by atoms with Gasteiger partial charge < -0.3 is 40.7 Å². The van der Waals surface area contributed by atoms with Gasteiger partial charge >= 0.3 is 6.09 Å². The molecule has 13 nitrogen and oxygen atoms in total. The lowest BCUT2D eigenvalue weighted by Crippen LogP contribution is -2.71. The lowest BCUT2D eigenvalue weighted by atomic mass is 9.54. The number of ether oxygens (including phenoxy) is 1. The number of phenols is 1. The molecule has 0 saturated heterocycles. The molecule has 44 heavy (non-hydrogen) atoms. The Bertz CT molecular complexity index is 1510. The highest BCUT2D eigenvalue weighted by Crippen LogP contribution is 2.57. The number of phenolic OH excluding ortho intramolecular Hbond substituents is 1. The number of aromatic hydroxyl groups is 1. The number of carbonyl (C=O) groups excluding carboxylic acids is 4. The van der Waals surface area contributed by atoms with Gasteiger partial charge in [-0.3, -0.25) is 19.3 Å². The van der Waals surface area contributed by atoms with E-state index in [-0.39, 0.29) is 11.3 Å². The van der Waals surface area contributed by atoms with E-state index < -0.39 is 87.1 Å². The number of likely N-dealkylation sites (N-methyl/N-ethyl adjacent to an activating group) is 2. The van der Waals surface area contributed by atoms with Gasteiger partial charge in [0.05, 0.1) is 17.5 Å². The Morgan fingerprint density at radius 3 is 2.14 bits per heavy atom. The van der Waals surface area contributed by atoms with Gasteiger partial charge in [-0.1, -0.05) is 32.9 Å². The largest absolute Gasteiger partial charge is 0.508 e. The van der Waals surface area contributed by atoms with E-state index in [2.05, 4.69) is 0 Å². The zero-order valence-electron chi connectivity index (χ0n) is 26.5. The van der Waals surface area contributed by atoms with Crippen molar-refractivity contribution in [3.8, 4) is 5.75 Å². The van der Waals surface area contributed by atoms with E-state index >= 15 is 0 Å². The Labute approximate surface area is 256 Å². The van der Waals surface area contributed by atoms with Crippen LogP contribution >= 0.6 is 0 Å². The third-order valence-electron chi connectivity index (χ3n) is 9.14. The van der Waals surface area contributed by atoms with E-state index in [1.807, 2.05) is 32.8 Å². The molecule has 1 saturated carbocycles. The third-order valence-corrected chi connectivity index (χ3v) is 9.14. The number of fused-ring (bicyclic) bond motifs is 3. The van der Waals surface area contributed by atoms with Crippen molar-refractivity contribution in [3.63, 3.8) is 0 Å². The van der Waals surface area contributed by atoms with Gasteiger partial charge in [-0.15, -0.1) is 0 Å².